The van der Waals surface area contributed by atoms with E-state index in [2.05, 4.69) is 15.7 Å². The Morgan fingerprint density at radius 2 is 1.81 bits per heavy atom. The second-order valence-corrected chi connectivity index (χ2v) is 8.55. The van der Waals surface area contributed by atoms with Crippen molar-refractivity contribution in [2.75, 3.05) is 6.54 Å². The zero-order chi connectivity index (χ0) is 21.8. The maximum Gasteiger partial charge on any atom is 0.261 e. The van der Waals surface area contributed by atoms with Crippen LogP contribution in [0.25, 0.3) is 10.2 Å². The standard InChI is InChI=1S/C23H21ClN4O2S/c1-15-18-11-20(22(30)26-13-21(29)25-12-16-7-3-2-4-8-16)31-23(18)28(27-15)14-17-9-5-6-10-19(17)24/h2-11H,12-14H2,1H3,(H,25,29)(H,26,30). The van der Waals surface area contributed by atoms with Gasteiger partial charge in [-0.3, -0.25) is 14.3 Å². The van der Waals surface area contributed by atoms with Crippen LogP contribution in [-0.2, 0) is 17.9 Å². The quantitative estimate of drug-likeness (QED) is 0.442. The summed E-state index contributed by atoms with van der Waals surface area (Å²) in [4.78, 5) is 26.1. The monoisotopic (exact) mass is 452 g/mol. The first kappa shape index (κ1) is 21.1. The van der Waals surface area contributed by atoms with Gasteiger partial charge in [-0.25, -0.2) is 0 Å². The van der Waals surface area contributed by atoms with Crippen molar-refractivity contribution >= 4 is 45.0 Å². The van der Waals surface area contributed by atoms with Gasteiger partial charge < -0.3 is 10.6 Å². The number of rotatable bonds is 7. The minimum absolute atomic E-state index is 0.0787. The Kier molecular flexibility index (Phi) is 6.34. The maximum atomic E-state index is 12.6. The normalized spacial score (nSPS) is 10.9. The van der Waals surface area contributed by atoms with Crippen molar-refractivity contribution in [3.8, 4) is 0 Å². The number of hydrogen-bond acceptors (Lipinski definition) is 4. The predicted octanol–water partition coefficient (Wildman–Crippen LogP) is 4.15. The minimum Gasteiger partial charge on any atom is -0.350 e. The van der Waals surface area contributed by atoms with E-state index in [1.54, 1.807) is 0 Å². The molecule has 0 spiro atoms. The van der Waals surface area contributed by atoms with Crippen LogP contribution in [0.2, 0.25) is 5.02 Å². The number of nitrogens with zero attached hydrogens (tertiary/aromatic N) is 2. The van der Waals surface area contributed by atoms with Gasteiger partial charge in [0.25, 0.3) is 5.91 Å². The molecule has 0 radical (unpaired) electrons. The number of carbonyl (C=O) groups excluding carboxylic acids is 2. The van der Waals surface area contributed by atoms with E-state index in [-0.39, 0.29) is 18.4 Å². The summed E-state index contributed by atoms with van der Waals surface area (Å²) >= 11 is 7.64. The van der Waals surface area contributed by atoms with Crippen LogP contribution in [0.5, 0.6) is 0 Å². The van der Waals surface area contributed by atoms with Crippen LogP contribution in [0.1, 0.15) is 26.5 Å². The number of halogens is 1. The highest BCUT2D eigenvalue weighted by Gasteiger charge is 2.17. The summed E-state index contributed by atoms with van der Waals surface area (Å²) in [5.41, 5.74) is 2.81. The molecule has 8 heteroatoms. The molecule has 0 atom stereocenters. The van der Waals surface area contributed by atoms with E-state index in [9.17, 15) is 9.59 Å². The fourth-order valence-corrected chi connectivity index (χ4v) is 4.50. The van der Waals surface area contributed by atoms with E-state index in [0.717, 1.165) is 27.0 Å². The Balaban J connectivity index is 1.40. The third kappa shape index (κ3) is 4.95. The number of thiophene rings is 1. The van der Waals surface area contributed by atoms with Crippen molar-refractivity contribution in [3.63, 3.8) is 0 Å². The molecule has 0 fully saturated rings. The average molecular weight is 453 g/mol. The van der Waals surface area contributed by atoms with Crippen LogP contribution >= 0.6 is 22.9 Å². The topological polar surface area (TPSA) is 76.0 Å². The largest absolute Gasteiger partial charge is 0.350 e. The summed E-state index contributed by atoms with van der Waals surface area (Å²) in [6.07, 6.45) is 0. The number of hydrogen-bond donors (Lipinski definition) is 2. The van der Waals surface area contributed by atoms with Gasteiger partial charge in [-0.2, -0.15) is 5.10 Å². The predicted molar refractivity (Wildman–Crippen MR) is 124 cm³/mol. The van der Waals surface area contributed by atoms with Gasteiger partial charge in [0, 0.05) is 17.0 Å². The molecule has 0 aliphatic rings. The molecular weight excluding hydrogens is 432 g/mol. The Morgan fingerprint density at radius 3 is 2.58 bits per heavy atom. The molecule has 2 heterocycles. The molecule has 0 aliphatic heterocycles. The molecule has 158 valence electrons. The van der Waals surface area contributed by atoms with Crippen LogP contribution in [0.3, 0.4) is 0 Å². The molecule has 0 aliphatic carbocycles. The lowest BCUT2D eigenvalue weighted by molar-refractivity contribution is -0.120. The van der Waals surface area contributed by atoms with E-state index in [1.165, 1.54) is 11.3 Å². The molecule has 0 bridgehead atoms. The number of amides is 2. The fourth-order valence-electron chi connectivity index (χ4n) is 3.23. The van der Waals surface area contributed by atoms with Crippen LogP contribution in [0.15, 0.2) is 60.7 Å². The van der Waals surface area contributed by atoms with Crippen molar-refractivity contribution in [1.29, 1.82) is 0 Å². The second-order valence-electron chi connectivity index (χ2n) is 7.11. The third-order valence-electron chi connectivity index (χ3n) is 4.85. The number of aromatic nitrogens is 2. The number of aryl methyl sites for hydroxylation is 1. The molecule has 0 saturated carbocycles. The first-order chi connectivity index (χ1) is 15.0. The van der Waals surface area contributed by atoms with E-state index >= 15 is 0 Å². The summed E-state index contributed by atoms with van der Waals surface area (Å²) in [5, 5.41) is 11.7. The molecule has 0 saturated heterocycles. The highest BCUT2D eigenvalue weighted by molar-refractivity contribution is 7.20. The summed E-state index contributed by atoms with van der Waals surface area (Å²) in [6.45, 7) is 2.78. The lowest BCUT2D eigenvalue weighted by atomic mass is 10.2. The number of carbonyl (C=O) groups is 2. The third-order valence-corrected chi connectivity index (χ3v) is 6.37. The van der Waals surface area contributed by atoms with Gasteiger partial charge in [0.1, 0.15) is 4.83 Å². The molecule has 2 N–H and O–H groups in total. The molecule has 31 heavy (non-hydrogen) atoms. The molecule has 2 aromatic carbocycles. The zero-order valence-corrected chi connectivity index (χ0v) is 18.5. The van der Waals surface area contributed by atoms with Crippen LogP contribution in [0, 0.1) is 6.92 Å². The zero-order valence-electron chi connectivity index (χ0n) is 16.9. The van der Waals surface area contributed by atoms with Gasteiger partial charge in [0.05, 0.1) is 23.7 Å². The van der Waals surface area contributed by atoms with E-state index in [4.69, 9.17) is 11.6 Å². The van der Waals surface area contributed by atoms with Crippen LogP contribution < -0.4 is 10.6 Å². The van der Waals surface area contributed by atoms with E-state index in [0.29, 0.717) is 23.0 Å². The molecule has 6 nitrogen and oxygen atoms in total. The van der Waals surface area contributed by atoms with Crippen molar-refractivity contribution in [1.82, 2.24) is 20.4 Å². The van der Waals surface area contributed by atoms with Crippen molar-refractivity contribution in [2.24, 2.45) is 0 Å². The Bertz CT molecular complexity index is 1230. The number of benzene rings is 2. The van der Waals surface area contributed by atoms with Crippen LogP contribution in [-0.4, -0.2) is 28.1 Å². The van der Waals surface area contributed by atoms with Gasteiger partial charge in [-0.15, -0.1) is 11.3 Å². The Morgan fingerprint density at radius 1 is 1.06 bits per heavy atom. The van der Waals surface area contributed by atoms with Gasteiger partial charge in [0.2, 0.25) is 5.91 Å². The maximum absolute atomic E-state index is 12.6. The average Bonchev–Trinajstić information content (AvgIpc) is 3.34. The molecular formula is C23H21ClN4O2S. The van der Waals surface area contributed by atoms with Gasteiger partial charge in [0.15, 0.2) is 0 Å². The fraction of sp³-hybridized carbons (Fsp3) is 0.174. The Hall–Kier alpha value is -3.16. The summed E-state index contributed by atoms with van der Waals surface area (Å²) < 4.78 is 1.86. The molecule has 0 unspecified atom stereocenters. The number of fused-ring (bicyclic) bond motifs is 1. The van der Waals surface area contributed by atoms with Gasteiger partial charge >= 0.3 is 0 Å². The SMILES string of the molecule is Cc1nn(Cc2ccccc2Cl)c2sc(C(=O)NCC(=O)NCc3ccccc3)cc12. The molecule has 2 amide bonds. The second kappa shape index (κ2) is 9.32. The summed E-state index contributed by atoms with van der Waals surface area (Å²) in [5.74, 6) is -0.515. The molecule has 4 aromatic rings. The van der Waals surface area contributed by atoms with Crippen molar-refractivity contribution in [2.45, 2.75) is 20.0 Å². The van der Waals surface area contributed by atoms with Crippen molar-refractivity contribution < 1.29 is 9.59 Å². The van der Waals surface area contributed by atoms with Crippen LogP contribution in [0.4, 0.5) is 0 Å². The first-order valence-electron chi connectivity index (χ1n) is 9.80. The van der Waals surface area contributed by atoms with Gasteiger partial charge in [-0.05, 0) is 30.2 Å². The minimum atomic E-state index is -0.278. The lowest BCUT2D eigenvalue weighted by Crippen LogP contribution is -2.36. The van der Waals surface area contributed by atoms with Crippen molar-refractivity contribution in [3.05, 3.63) is 87.4 Å². The smallest absolute Gasteiger partial charge is 0.261 e. The number of nitrogens with one attached hydrogen (secondary N) is 2. The lowest BCUT2D eigenvalue weighted by Gasteiger charge is -2.06. The van der Waals surface area contributed by atoms with E-state index in [1.807, 2.05) is 72.3 Å². The highest BCUT2D eigenvalue weighted by atomic mass is 35.5. The Labute approximate surface area is 188 Å². The molecule has 4 rings (SSSR count). The summed E-state index contributed by atoms with van der Waals surface area (Å²) in [6, 6.07) is 19.1. The summed E-state index contributed by atoms with van der Waals surface area (Å²) in [7, 11) is 0. The van der Waals surface area contributed by atoms with E-state index < -0.39 is 0 Å². The molecule has 2 aromatic heterocycles. The first-order valence-corrected chi connectivity index (χ1v) is 11.0. The van der Waals surface area contributed by atoms with Gasteiger partial charge in [-0.1, -0.05) is 60.1 Å². The highest BCUT2D eigenvalue weighted by Crippen LogP contribution is 2.29.